The second-order valence-corrected chi connectivity index (χ2v) is 7.31. The molecule has 1 rings (SSSR count). The Morgan fingerprint density at radius 1 is 1.12 bits per heavy atom. The molecule has 0 unspecified atom stereocenters. The number of nitrogens with zero attached hydrogens (tertiary/aromatic N) is 1. The number of hydrogen-bond donors (Lipinski definition) is 1. The minimum atomic E-state index is -3.62. The summed E-state index contributed by atoms with van der Waals surface area (Å²) in [4.78, 5) is 25.4. The highest BCUT2D eigenvalue weighted by Crippen LogP contribution is 2.12. The predicted molar refractivity (Wildman–Crippen MR) is 94.7 cm³/mol. The van der Waals surface area contributed by atoms with Gasteiger partial charge in [0.15, 0.2) is 6.61 Å². The Kier molecular flexibility index (Phi) is 8.05. The van der Waals surface area contributed by atoms with Gasteiger partial charge < -0.3 is 9.64 Å². The molecule has 0 radical (unpaired) electrons. The van der Waals surface area contributed by atoms with Gasteiger partial charge in [0.2, 0.25) is 10.0 Å². The van der Waals surface area contributed by atoms with Gasteiger partial charge in [0.05, 0.1) is 10.5 Å². The van der Waals surface area contributed by atoms with Crippen LogP contribution in [0.4, 0.5) is 0 Å². The largest absolute Gasteiger partial charge is 0.452 e. The topological polar surface area (TPSA) is 92.8 Å². The van der Waals surface area contributed by atoms with Gasteiger partial charge in [0.1, 0.15) is 0 Å². The van der Waals surface area contributed by atoms with Crippen LogP contribution in [0.3, 0.4) is 0 Å². The second kappa shape index (κ2) is 9.53. The number of hydrogen-bond acceptors (Lipinski definition) is 5. The van der Waals surface area contributed by atoms with Crippen molar-refractivity contribution in [3.8, 4) is 0 Å². The third kappa shape index (κ3) is 6.13. The molecular formula is C17H26N2O5S. The molecule has 1 N–H and O–H groups in total. The first-order chi connectivity index (χ1) is 11.7. The fraction of sp³-hybridized carbons (Fsp3) is 0.529. The Balaban J connectivity index is 2.73. The summed E-state index contributed by atoms with van der Waals surface area (Å²) in [5, 5.41) is 0. The van der Waals surface area contributed by atoms with E-state index in [1.54, 1.807) is 11.8 Å². The molecule has 8 heteroatoms. The molecular weight excluding hydrogens is 344 g/mol. The molecule has 0 heterocycles. The van der Waals surface area contributed by atoms with Crippen LogP contribution in [0.5, 0.6) is 0 Å². The molecule has 7 nitrogen and oxygen atoms in total. The Hall–Kier alpha value is -1.93. The van der Waals surface area contributed by atoms with E-state index < -0.39 is 16.0 Å². The van der Waals surface area contributed by atoms with Crippen molar-refractivity contribution in [2.45, 2.75) is 45.1 Å². The maximum Gasteiger partial charge on any atom is 0.338 e. The maximum atomic E-state index is 12.2. The number of carbonyl (C=O) groups excluding carboxylic acids is 2. The first-order valence-electron chi connectivity index (χ1n) is 8.32. The average molecular weight is 370 g/mol. The highest BCUT2D eigenvalue weighted by molar-refractivity contribution is 7.89. The van der Waals surface area contributed by atoms with Gasteiger partial charge in [-0.2, -0.15) is 0 Å². The highest BCUT2D eigenvalue weighted by Gasteiger charge is 2.18. The van der Waals surface area contributed by atoms with Crippen molar-refractivity contribution in [2.24, 2.45) is 0 Å². The summed E-state index contributed by atoms with van der Waals surface area (Å²) in [5.74, 6) is -0.936. The van der Waals surface area contributed by atoms with Crippen LogP contribution in [0.1, 0.15) is 44.5 Å². The van der Waals surface area contributed by atoms with Crippen LogP contribution in [0, 0.1) is 0 Å². The van der Waals surface area contributed by atoms with E-state index in [0.29, 0.717) is 19.5 Å². The third-order valence-electron chi connectivity index (χ3n) is 3.81. The van der Waals surface area contributed by atoms with Gasteiger partial charge in [0, 0.05) is 19.1 Å². The Bertz CT molecular complexity index is 681. The van der Waals surface area contributed by atoms with Crippen molar-refractivity contribution in [3.63, 3.8) is 0 Å². The number of esters is 1. The molecule has 0 saturated heterocycles. The SMILES string of the molecule is CC[C@@H](C)NS(=O)(=O)c1ccc(C(=O)OCC(=O)N(CC)CC)cc1. The summed E-state index contributed by atoms with van der Waals surface area (Å²) in [6.07, 6.45) is 0.671. The standard InChI is InChI=1S/C17H26N2O5S/c1-5-13(4)18-25(22,23)15-10-8-14(9-11-15)17(21)24-12-16(20)19(6-2)7-3/h8-11,13,18H,5-7,12H2,1-4H3/t13-/m1/s1. The number of sulfonamides is 1. The molecule has 0 aliphatic carbocycles. The zero-order valence-corrected chi connectivity index (χ0v) is 15.9. The third-order valence-corrected chi connectivity index (χ3v) is 5.42. The monoisotopic (exact) mass is 370 g/mol. The van der Waals surface area contributed by atoms with E-state index >= 15 is 0 Å². The average Bonchev–Trinajstić information content (AvgIpc) is 2.60. The molecule has 0 aliphatic heterocycles. The molecule has 0 aromatic heterocycles. The van der Waals surface area contributed by atoms with Gasteiger partial charge in [0.25, 0.3) is 5.91 Å². The molecule has 25 heavy (non-hydrogen) atoms. The van der Waals surface area contributed by atoms with Gasteiger partial charge in [-0.3, -0.25) is 4.79 Å². The number of ether oxygens (including phenoxy) is 1. The molecule has 1 amide bonds. The van der Waals surface area contributed by atoms with E-state index in [2.05, 4.69) is 4.72 Å². The fourth-order valence-corrected chi connectivity index (χ4v) is 3.39. The Morgan fingerprint density at radius 3 is 2.16 bits per heavy atom. The second-order valence-electron chi connectivity index (χ2n) is 5.60. The van der Waals surface area contributed by atoms with Crippen LogP contribution in [0.15, 0.2) is 29.2 Å². The van der Waals surface area contributed by atoms with Crippen molar-refractivity contribution in [1.29, 1.82) is 0 Å². The molecule has 1 atom stereocenters. The Labute approximate surface area is 149 Å². The van der Waals surface area contributed by atoms with Crippen molar-refractivity contribution < 1.29 is 22.7 Å². The first-order valence-corrected chi connectivity index (χ1v) is 9.80. The van der Waals surface area contributed by atoms with Crippen LogP contribution >= 0.6 is 0 Å². The minimum absolute atomic E-state index is 0.0727. The molecule has 0 aliphatic rings. The molecule has 0 bridgehead atoms. The molecule has 1 aromatic carbocycles. The quantitative estimate of drug-likeness (QED) is 0.669. The van der Waals surface area contributed by atoms with Gasteiger partial charge in [-0.25, -0.2) is 17.9 Å². The highest BCUT2D eigenvalue weighted by atomic mass is 32.2. The number of benzene rings is 1. The van der Waals surface area contributed by atoms with E-state index in [9.17, 15) is 18.0 Å². The minimum Gasteiger partial charge on any atom is -0.452 e. The predicted octanol–water partition coefficient (Wildman–Crippen LogP) is 1.79. The van der Waals surface area contributed by atoms with Crippen molar-refractivity contribution in [2.75, 3.05) is 19.7 Å². The lowest BCUT2D eigenvalue weighted by Crippen LogP contribution is -2.34. The molecule has 140 valence electrons. The molecule has 0 spiro atoms. The summed E-state index contributed by atoms with van der Waals surface area (Å²) in [6, 6.07) is 5.24. The first kappa shape index (κ1) is 21.1. The van der Waals surface area contributed by atoms with Gasteiger partial charge in [-0.15, -0.1) is 0 Å². The lowest BCUT2D eigenvalue weighted by atomic mass is 10.2. The maximum absolute atomic E-state index is 12.2. The van der Waals surface area contributed by atoms with Gasteiger partial charge in [-0.1, -0.05) is 6.92 Å². The number of carbonyl (C=O) groups is 2. The number of likely N-dealkylation sites (N-methyl/N-ethyl adjacent to an activating group) is 1. The van der Waals surface area contributed by atoms with E-state index in [0.717, 1.165) is 0 Å². The van der Waals surface area contributed by atoms with Gasteiger partial charge in [-0.05, 0) is 51.5 Å². The zero-order valence-electron chi connectivity index (χ0n) is 15.1. The van der Waals surface area contributed by atoms with Gasteiger partial charge >= 0.3 is 5.97 Å². The normalized spacial score (nSPS) is 12.5. The smallest absolute Gasteiger partial charge is 0.338 e. The molecule has 0 fully saturated rings. The van der Waals surface area contributed by atoms with E-state index in [4.69, 9.17) is 4.74 Å². The fourth-order valence-electron chi connectivity index (χ4n) is 2.06. The summed E-state index contributed by atoms with van der Waals surface area (Å²) in [6.45, 7) is 8.09. The van der Waals surface area contributed by atoms with Crippen molar-refractivity contribution in [1.82, 2.24) is 9.62 Å². The van der Waals surface area contributed by atoms with Crippen LogP contribution < -0.4 is 4.72 Å². The summed E-state index contributed by atoms with van der Waals surface area (Å²) in [7, 11) is -3.62. The molecule has 1 aromatic rings. The summed E-state index contributed by atoms with van der Waals surface area (Å²) in [5.41, 5.74) is 0.190. The van der Waals surface area contributed by atoms with Crippen LogP contribution in [0.2, 0.25) is 0 Å². The number of rotatable bonds is 9. The summed E-state index contributed by atoms with van der Waals surface area (Å²) >= 11 is 0. The zero-order chi connectivity index (χ0) is 19.0. The lowest BCUT2D eigenvalue weighted by Gasteiger charge is -2.18. The van der Waals surface area contributed by atoms with E-state index in [1.165, 1.54) is 24.3 Å². The number of nitrogens with one attached hydrogen (secondary N) is 1. The lowest BCUT2D eigenvalue weighted by molar-refractivity contribution is -0.134. The van der Waals surface area contributed by atoms with Crippen LogP contribution in [-0.4, -0.2) is 50.9 Å². The van der Waals surface area contributed by atoms with Crippen molar-refractivity contribution in [3.05, 3.63) is 29.8 Å². The van der Waals surface area contributed by atoms with E-state index in [1.807, 2.05) is 20.8 Å². The van der Waals surface area contributed by atoms with Crippen molar-refractivity contribution >= 4 is 21.9 Å². The van der Waals surface area contributed by atoms with E-state index in [-0.39, 0.29) is 29.0 Å². The number of amides is 1. The van der Waals surface area contributed by atoms with Crippen LogP contribution in [-0.2, 0) is 19.6 Å². The summed E-state index contributed by atoms with van der Waals surface area (Å²) < 4.78 is 31.9. The Morgan fingerprint density at radius 2 is 1.68 bits per heavy atom. The van der Waals surface area contributed by atoms with Crippen LogP contribution in [0.25, 0.3) is 0 Å². The molecule has 0 saturated carbocycles.